The van der Waals surface area contributed by atoms with Gasteiger partial charge in [0.1, 0.15) is 5.82 Å². The van der Waals surface area contributed by atoms with Crippen LogP contribution in [0.3, 0.4) is 0 Å². The first-order valence-electron chi connectivity index (χ1n) is 7.77. The molecule has 2 aromatic rings. The molecule has 5 nitrogen and oxygen atoms in total. The lowest BCUT2D eigenvalue weighted by Gasteiger charge is -2.14. The lowest BCUT2D eigenvalue weighted by atomic mass is 10.1. The Morgan fingerprint density at radius 3 is 2.71 bits per heavy atom. The number of rotatable bonds is 7. The van der Waals surface area contributed by atoms with E-state index in [2.05, 4.69) is 15.6 Å². The van der Waals surface area contributed by atoms with Crippen molar-refractivity contribution in [1.29, 1.82) is 0 Å². The van der Waals surface area contributed by atoms with E-state index in [9.17, 15) is 14.0 Å². The van der Waals surface area contributed by atoms with Crippen molar-refractivity contribution in [2.45, 2.75) is 25.8 Å². The van der Waals surface area contributed by atoms with Gasteiger partial charge in [0.2, 0.25) is 5.91 Å². The average molecular weight is 329 g/mol. The highest BCUT2D eigenvalue weighted by atomic mass is 19.1. The molecule has 2 rings (SSSR count). The zero-order valence-electron chi connectivity index (χ0n) is 13.5. The number of carbonyl (C=O) groups is 2. The van der Waals surface area contributed by atoms with Gasteiger partial charge in [0, 0.05) is 31.4 Å². The van der Waals surface area contributed by atoms with Crippen molar-refractivity contribution in [1.82, 2.24) is 15.6 Å². The van der Waals surface area contributed by atoms with Crippen LogP contribution in [0.5, 0.6) is 0 Å². The molecule has 0 saturated carbocycles. The maximum Gasteiger partial charge on any atom is 0.254 e. The lowest BCUT2D eigenvalue weighted by Crippen LogP contribution is -2.36. The number of nitrogens with one attached hydrogen (secondary N) is 2. The summed E-state index contributed by atoms with van der Waals surface area (Å²) in [7, 11) is 0. The monoisotopic (exact) mass is 329 g/mol. The third kappa shape index (κ3) is 5.46. The van der Waals surface area contributed by atoms with E-state index in [1.165, 1.54) is 18.2 Å². The van der Waals surface area contributed by atoms with Gasteiger partial charge in [-0.3, -0.25) is 14.6 Å². The topological polar surface area (TPSA) is 71.1 Å². The molecule has 0 aliphatic carbocycles. The van der Waals surface area contributed by atoms with Crippen LogP contribution >= 0.6 is 0 Å². The predicted molar refractivity (Wildman–Crippen MR) is 88.9 cm³/mol. The summed E-state index contributed by atoms with van der Waals surface area (Å²) >= 11 is 0. The Kier molecular flexibility index (Phi) is 6.42. The van der Waals surface area contributed by atoms with Crippen LogP contribution in [0.25, 0.3) is 0 Å². The van der Waals surface area contributed by atoms with Gasteiger partial charge < -0.3 is 10.6 Å². The van der Waals surface area contributed by atoms with E-state index in [0.29, 0.717) is 6.42 Å². The smallest absolute Gasteiger partial charge is 0.254 e. The number of hydrogen-bond donors (Lipinski definition) is 2. The summed E-state index contributed by atoms with van der Waals surface area (Å²) in [5.41, 5.74) is 1.01. The Labute approximate surface area is 140 Å². The summed E-state index contributed by atoms with van der Waals surface area (Å²) in [6.07, 6.45) is 4.28. The number of hydrogen-bond acceptors (Lipinski definition) is 3. The third-order valence-corrected chi connectivity index (χ3v) is 3.43. The molecular formula is C18H20FN3O2. The van der Waals surface area contributed by atoms with E-state index in [0.717, 1.165) is 5.56 Å². The lowest BCUT2D eigenvalue weighted by molar-refractivity contribution is -0.121. The van der Waals surface area contributed by atoms with Crippen molar-refractivity contribution in [3.05, 3.63) is 65.7 Å². The van der Waals surface area contributed by atoms with E-state index in [1.54, 1.807) is 18.5 Å². The first-order chi connectivity index (χ1) is 11.6. The standard InChI is InChI=1S/C18H20FN3O2/c1-13(11-14-5-4-9-20-12-14)22-17(23)8-10-21-18(24)15-6-2-3-7-16(15)19/h2-7,9,12-13H,8,10-11H2,1H3,(H,21,24)(H,22,23)/t13-/m0/s1. The molecule has 1 atom stereocenters. The molecule has 0 spiro atoms. The van der Waals surface area contributed by atoms with E-state index < -0.39 is 11.7 Å². The molecule has 0 aliphatic rings. The summed E-state index contributed by atoms with van der Waals surface area (Å²) in [4.78, 5) is 27.7. The molecule has 126 valence electrons. The molecule has 0 unspecified atom stereocenters. The second-order valence-corrected chi connectivity index (χ2v) is 5.52. The van der Waals surface area contributed by atoms with Gasteiger partial charge >= 0.3 is 0 Å². The van der Waals surface area contributed by atoms with Gasteiger partial charge in [-0.2, -0.15) is 0 Å². The van der Waals surface area contributed by atoms with Gasteiger partial charge in [0.05, 0.1) is 5.56 Å². The largest absolute Gasteiger partial charge is 0.353 e. The van der Waals surface area contributed by atoms with Crippen molar-refractivity contribution >= 4 is 11.8 Å². The number of pyridine rings is 1. The number of halogens is 1. The van der Waals surface area contributed by atoms with Gasteiger partial charge in [-0.25, -0.2) is 4.39 Å². The first-order valence-corrected chi connectivity index (χ1v) is 7.77. The summed E-state index contributed by atoms with van der Waals surface area (Å²) < 4.78 is 13.5. The minimum atomic E-state index is -0.579. The highest BCUT2D eigenvalue weighted by molar-refractivity contribution is 5.94. The van der Waals surface area contributed by atoms with E-state index in [-0.39, 0.29) is 30.5 Å². The van der Waals surface area contributed by atoms with Gasteiger partial charge in [-0.1, -0.05) is 18.2 Å². The Morgan fingerprint density at radius 2 is 2.00 bits per heavy atom. The van der Waals surface area contributed by atoms with Gasteiger partial charge in [0.25, 0.3) is 5.91 Å². The predicted octanol–water partition coefficient (Wildman–Crippen LogP) is 2.09. The fraction of sp³-hybridized carbons (Fsp3) is 0.278. The van der Waals surface area contributed by atoms with Crippen LogP contribution in [-0.4, -0.2) is 29.4 Å². The van der Waals surface area contributed by atoms with Crippen molar-refractivity contribution in [2.24, 2.45) is 0 Å². The maximum absolute atomic E-state index is 13.5. The SMILES string of the molecule is C[C@@H](Cc1cccnc1)NC(=O)CCNC(=O)c1ccccc1F. The Morgan fingerprint density at radius 1 is 1.21 bits per heavy atom. The second kappa shape index (κ2) is 8.76. The van der Waals surface area contributed by atoms with Gasteiger partial charge in [-0.05, 0) is 37.1 Å². The number of amides is 2. The van der Waals surface area contributed by atoms with Crippen LogP contribution in [0, 0.1) is 5.82 Å². The normalized spacial score (nSPS) is 11.6. The quantitative estimate of drug-likeness (QED) is 0.817. The molecule has 1 aromatic heterocycles. The molecule has 0 bridgehead atoms. The van der Waals surface area contributed by atoms with E-state index >= 15 is 0 Å². The van der Waals surface area contributed by atoms with Crippen LogP contribution < -0.4 is 10.6 Å². The molecule has 24 heavy (non-hydrogen) atoms. The Hall–Kier alpha value is -2.76. The molecule has 2 N–H and O–H groups in total. The second-order valence-electron chi connectivity index (χ2n) is 5.52. The Bertz CT molecular complexity index is 692. The van der Waals surface area contributed by atoms with Crippen molar-refractivity contribution in [2.75, 3.05) is 6.54 Å². The summed E-state index contributed by atoms with van der Waals surface area (Å²) in [5, 5.41) is 5.41. The molecule has 0 aliphatic heterocycles. The van der Waals surface area contributed by atoms with Crippen molar-refractivity contribution in [3.63, 3.8) is 0 Å². The average Bonchev–Trinajstić information content (AvgIpc) is 2.55. The number of benzene rings is 1. The highest BCUT2D eigenvalue weighted by Gasteiger charge is 2.12. The van der Waals surface area contributed by atoms with E-state index in [1.807, 2.05) is 19.1 Å². The number of nitrogens with zero attached hydrogens (tertiary/aromatic N) is 1. The highest BCUT2D eigenvalue weighted by Crippen LogP contribution is 2.05. The molecule has 2 amide bonds. The van der Waals surface area contributed by atoms with Crippen LogP contribution in [0.15, 0.2) is 48.8 Å². The molecule has 1 heterocycles. The van der Waals surface area contributed by atoms with Crippen LogP contribution in [-0.2, 0) is 11.2 Å². The van der Waals surface area contributed by atoms with Crippen molar-refractivity contribution in [3.8, 4) is 0 Å². The van der Waals surface area contributed by atoms with Crippen LogP contribution in [0.2, 0.25) is 0 Å². The summed E-state index contributed by atoms with van der Waals surface area (Å²) in [6, 6.07) is 9.49. The molecule has 0 saturated heterocycles. The van der Waals surface area contributed by atoms with Gasteiger partial charge in [-0.15, -0.1) is 0 Å². The molecule has 1 aromatic carbocycles. The van der Waals surface area contributed by atoms with Crippen LogP contribution in [0.4, 0.5) is 4.39 Å². The first kappa shape index (κ1) is 17.6. The van der Waals surface area contributed by atoms with E-state index in [4.69, 9.17) is 0 Å². The number of carbonyl (C=O) groups excluding carboxylic acids is 2. The molecular weight excluding hydrogens is 309 g/mol. The summed E-state index contributed by atoms with van der Waals surface area (Å²) in [6.45, 7) is 2.06. The fourth-order valence-corrected chi connectivity index (χ4v) is 2.30. The summed E-state index contributed by atoms with van der Waals surface area (Å²) in [5.74, 6) is -1.27. The molecule has 0 fully saturated rings. The molecule has 6 heteroatoms. The third-order valence-electron chi connectivity index (χ3n) is 3.43. The molecule has 0 radical (unpaired) electrons. The minimum absolute atomic E-state index is 0.0251. The van der Waals surface area contributed by atoms with Gasteiger partial charge in [0.15, 0.2) is 0 Å². The zero-order chi connectivity index (χ0) is 17.4. The van der Waals surface area contributed by atoms with Crippen molar-refractivity contribution < 1.29 is 14.0 Å². The maximum atomic E-state index is 13.5. The van der Waals surface area contributed by atoms with Crippen LogP contribution in [0.1, 0.15) is 29.3 Å². The number of aromatic nitrogens is 1. The minimum Gasteiger partial charge on any atom is -0.353 e. The zero-order valence-corrected chi connectivity index (χ0v) is 13.5. The Balaban J connectivity index is 1.71. The fourth-order valence-electron chi connectivity index (χ4n) is 2.30.